The normalized spacial score (nSPS) is 16.7. The van der Waals surface area contributed by atoms with Gasteiger partial charge < -0.3 is 0 Å². The zero-order valence-electron chi connectivity index (χ0n) is 16.0. The summed E-state index contributed by atoms with van der Waals surface area (Å²) < 4.78 is 67.8. The van der Waals surface area contributed by atoms with Crippen molar-refractivity contribution in [2.24, 2.45) is 0 Å². The van der Waals surface area contributed by atoms with Gasteiger partial charge in [0.15, 0.2) is 0 Å². The van der Waals surface area contributed by atoms with E-state index in [1.165, 1.54) is 6.92 Å². The lowest BCUT2D eigenvalue weighted by atomic mass is 9.88. The number of nitrogens with one attached hydrogen (secondary N) is 1. The Morgan fingerprint density at radius 1 is 1.26 bits per heavy atom. The molecular formula is C17H16F5N5O3S. The van der Waals surface area contributed by atoms with E-state index in [9.17, 15) is 36.3 Å². The molecule has 31 heavy (non-hydrogen) atoms. The molecule has 0 atom stereocenters. The van der Waals surface area contributed by atoms with Crippen LogP contribution in [0.4, 0.5) is 22.0 Å². The van der Waals surface area contributed by atoms with Gasteiger partial charge in [0.2, 0.25) is 0 Å². The predicted molar refractivity (Wildman–Crippen MR) is 101 cm³/mol. The molecule has 0 radical (unpaired) electrons. The Morgan fingerprint density at radius 3 is 2.48 bits per heavy atom. The zero-order valence-corrected chi connectivity index (χ0v) is 16.8. The van der Waals surface area contributed by atoms with Crippen LogP contribution < -0.4 is 16.9 Å². The average molecular weight is 465 g/mol. The number of aromatic amines is 1. The van der Waals surface area contributed by atoms with E-state index in [0.29, 0.717) is 15.0 Å². The highest BCUT2D eigenvalue weighted by molar-refractivity contribution is 7.18. The van der Waals surface area contributed by atoms with Crippen LogP contribution in [-0.4, -0.2) is 36.0 Å². The standard InChI is InChI=1S/C17H16F5N5O3S/c1-8-10(6-26-14(29)23-7-24-26)31-13-11(8)12(28)27(9-4-16(18,19)5-9)15(30)25(13)3-2-17(20,21)22/h7,9H,2-6H2,1H3,(H,23,24,29). The van der Waals surface area contributed by atoms with Gasteiger partial charge in [-0.1, -0.05) is 0 Å². The van der Waals surface area contributed by atoms with Crippen molar-refractivity contribution in [3.63, 3.8) is 0 Å². The summed E-state index contributed by atoms with van der Waals surface area (Å²) in [7, 11) is 0. The summed E-state index contributed by atoms with van der Waals surface area (Å²) in [5.74, 6) is -3.03. The van der Waals surface area contributed by atoms with Crippen LogP contribution in [0.3, 0.4) is 0 Å². The molecule has 3 aromatic heterocycles. The average Bonchev–Trinajstić information content (AvgIpc) is 3.16. The molecule has 3 heterocycles. The lowest BCUT2D eigenvalue weighted by molar-refractivity contribution is -0.136. The van der Waals surface area contributed by atoms with Gasteiger partial charge in [0.25, 0.3) is 11.5 Å². The second kappa shape index (κ2) is 7.14. The minimum atomic E-state index is -4.56. The number of thiophene rings is 1. The highest BCUT2D eigenvalue weighted by Crippen LogP contribution is 2.44. The van der Waals surface area contributed by atoms with Crippen LogP contribution in [-0.2, 0) is 13.1 Å². The molecule has 1 saturated carbocycles. The van der Waals surface area contributed by atoms with Crippen molar-refractivity contribution in [3.8, 4) is 0 Å². The Bertz CT molecular complexity index is 1320. The molecule has 0 spiro atoms. The van der Waals surface area contributed by atoms with Crippen molar-refractivity contribution >= 4 is 21.6 Å². The maximum Gasteiger partial charge on any atom is 0.390 e. The first-order valence-corrected chi connectivity index (χ1v) is 10.0. The number of rotatable bonds is 5. The largest absolute Gasteiger partial charge is 0.390 e. The fraction of sp³-hybridized carbons (Fsp3) is 0.529. The third-order valence-electron chi connectivity index (χ3n) is 5.31. The number of hydrogen-bond donors (Lipinski definition) is 1. The van der Waals surface area contributed by atoms with Crippen LogP contribution in [0.25, 0.3) is 10.2 Å². The zero-order chi connectivity index (χ0) is 22.7. The number of halogens is 5. The summed E-state index contributed by atoms with van der Waals surface area (Å²) in [5, 5.41) is 3.80. The second-order valence-electron chi connectivity index (χ2n) is 7.47. The molecular weight excluding hydrogens is 449 g/mol. The van der Waals surface area contributed by atoms with E-state index in [1.807, 2.05) is 0 Å². The van der Waals surface area contributed by atoms with E-state index in [0.717, 1.165) is 26.9 Å². The van der Waals surface area contributed by atoms with Gasteiger partial charge in [-0.05, 0) is 12.5 Å². The summed E-state index contributed by atoms with van der Waals surface area (Å²) in [6.45, 7) is 0.706. The van der Waals surface area contributed by atoms with Gasteiger partial charge in [-0.15, -0.1) is 11.3 Å². The molecule has 3 aromatic rings. The first-order chi connectivity index (χ1) is 14.4. The van der Waals surface area contributed by atoms with Crippen molar-refractivity contribution < 1.29 is 22.0 Å². The minimum absolute atomic E-state index is 0.0117. The van der Waals surface area contributed by atoms with E-state index in [2.05, 4.69) is 10.1 Å². The van der Waals surface area contributed by atoms with Gasteiger partial charge >= 0.3 is 17.6 Å². The highest BCUT2D eigenvalue weighted by atomic mass is 32.1. The number of H-pyrrole nitrogens is 1. The molecule has 0 saturated heterocycles. The Morgan fingerprint density at radius 2 is 1.94 bits per heavy atom. The van der Waals surface area contributed by atoms with Gasteiger partial charge in [-0.3, -0.25) is 18.9 Å². The van der Waals surface area contributed by atoms with E-state index >= 15 is 0 Å². The highest BCUT2D eigenvalue weighted by Gasteiger charge is 2.47. The van der Waals surface area contributed by atoms with Crippen molar-refractivity contribution in [1.29, 1.82) is 0 Å². The van der Waals surface area contributed by atoms with Gasteiger partial charge in [-0.2, -0.15) is 18.3 Å². The SMILES string of the molecule is Cc1c(Cn2nc[nH]c2=O)sc2c1c(=O)n(C1CC(F)(F)C1)c(=O)n2CCC(F)(F)F. The van der Waals surface area contributed by atoms with Crippen molar-refractivity contribution in [1.82, 2.24) is 23.9 Å². The van der Waals surface area contributed by atoms with E-state index in [-0.39, 0.29) is 16.8 Å². The molecule has 0 aliphatic heterocycles. The Labute approximate surface area is 173 Å². The lowest BCUT2D eigenvalue weighted by Crippen LogP contribution is -2.49. The van der Waals surface area contributed by atoms with Crippen molar-refractivity contribution in [2.45, 2.75) is 57.4 Å². The molecule has 1 N–H and O–H groups in total. The molecule has 14 heteroatoms. The van der Waals surface area contributed by atoms with Crippen molar-refractivity contribution in [3.05, 3.63) is 48.1 Å². The molecule has 168 valence electrons. The maximum absolute atomic E-state index is 13.4. The molecule has 8 nitrogen and oxygen atoms in total. The van der Waals surface area contributed by atoms with Gasteiger partial charge in [0, 0.05) is 24.3 Å². The summed E-state index contributed by atoms with van der Waals surface area (Å²) in [6, 6.07) is -1.09. The van der Waals surface area contributed by atoms with Crippen LogP contribution >= 0.6 is 11.3 Å². The second-order valence-corrected chi connectivity index (χ2v) is 8.56. The first kappa shape index (κ1) is 21.5. The molecule has 0 bridgehead atoms. The van der Waals surface area contributed by atoms with Crippen LogP contribution in [0.1, 0.15) is 35.7 Å². The summed E-state index contributed by atoms with van der Waals surface area (Å²) in [6.07, 6.45) is -6.19. The van der Waals surface area contributed by atoms with E-state index in [1.54, 1.807) is 0 Å². The molecule has 0 unspecified atom stereocenters. The summed E-state index contributed by atoms with van der Waals surface area (Å²) in [5.41, 5.74) is -2.04. The topological polar surface area (TPSA) is 94.7 Å². The number of alkyl halides is 5. The maximum atomic E-state index is 13.4. The number of nitrogens with zero attached hydrogens (tertiary/aromatic N) is 4. The molecule has 1 aliphatic carbocycles. The van der Waals surface area contributed by atoms with E-state index in [4.69, 9.17) is 0 Å². The summed E-state index contributed by atoms with van der Waals surface area (Å²) in [4.78, 5) is 40.5. The Kier molecular flexibility index (Phi) is 4.94. The lowest BCUT2D eigenvalue weighted by Gasteiger charge is -2.35. The van der Waals surface area contributed by atoms with Gasteiger partial charge in [0.05, 0.1) is 24.4 Å². The van der Waals surface area contributed by atoms with Crippen LogP contribution in [0.5, 0.6) is 0 Å². The number of hydrogen-bond acceptors (Lipinski definition) is 5. The molecule has 4 rings (SSSR count). The molecule has 0 amide bonds. The fourth-order valence-electron chi connectivity index (χ4n) is 3.66. The number of fused-ring (bicyclic) bond motifs is 1. The third kappa shape index (κ3) is 3.83. The Balaban J connectivity index is 1.90. The minimum Gasteiger partial charge on any atom is -0.295 e. The molecule has 1 fully saturated rings. The van der Waals surface area contributed by atoms with Crippen LogP contribution in [0.2, 0.25) is 0 Å². The number of aromatic nitrogens is 5. The van der Waals surface area contributed by atoms with Gasteiger partial charge in [-0.25, -0.2) is 23.1 Å². The van der Waals surface area contributed by atoms with Crippen LogP contribution in [0, 0.1) is 6.92 Å². The monoisotopic (exact) mass is 465 g/mol. The Hall–Kier alpha value is -2.77. The summed E-state index contributed by atoms with van der Waals surface area (Å²) >= 11 is 0.903. The quantitative estimate of drug-likeness (QED) is 0.586. The fourth-order valence-corrected chi connectivity index (χ4v) is 4.96. The molecule has 0 aromatic carbocycles. The number of aryl methyl sites for hydroxylation is 2. The van der Waals surface area contributed by atoms with Crippen LogP contribution in [0.15, 0.2) is 20.7 Å². The smallest absolute Gasteiger partial charge is 0.295 e. The molecule has 1 aliphatic rings. The third-order valence-corrected chi connectivity index (χ3v) is 6.61. The van der Waals surface area contributed by atoms with Crippen molar-refractivity contribution in [2.75, 3.05) is 0 Å². The van der Waals surface area contributed by atoms with Gasteiger partial charge in [0.1, 0.15) is 11.2 Å². The first-order valence-electron chi connectivity index (χ1n) is 9.20. The van der Waals surface area contributed by atoms with E-state index < -0.39 is 60.9 Å². The predicted octanol–water partition coefficient (Wildman–Crippen LogP) is 2.39.